The molecule has 0 saturated carbocycles. The Bertz CT molecular complexity index is 1010. The molecule has 5 aliphatic rings. The van der Waals surface area contributed by atoms with Crippen molar-refractivity contribution in [2.75, 3.05) is 20.2 Å². The molecule has 3 unspecified atom stereocenters. The molecule has 5 heteroatoms. The van der Waals surface area contributed by atoms with Crippen LogP contribution in [0.3, 0.4) is 0 Å². The number of hydrogen-bond acceptors (Lipinski definition) is 5. The molecule has 0 amide bonds. The molecule has 184 valence electrons. The first-order valence-corrected chi connectivity index (χ1v) is 13.2. The lowest BCUT2D eigenvalue weighted by atomic mass is 9.48. The van der Waals surface area contributed by atoms with Gasteiger partial charge in [-0.3, -0.25) is 0 Å². The zero-order chi connectivity index (χ0) is 23.7. The molecule has 5 nitrogen and oxygen atoms in total. The normalized spacial score (nSPS) is 44.9. The fourth-order valence-corrected chi connectivity index (χ4v) is 8.31. The van der Waals surface area contributed by atoms with Gasteiger partial charge >= 0.3 is 0 Å². The molecular weight excluding hydrogens is 426 g/mol. The summed E-state index contributed by atoms with van der Waals surface area (Å²) >= 11 is 0. The van der Waals surface area contributed by atoms with E-state index in [2.05, 4.69) is 44.0 Å². The summed E-state index contributed by atoms with van der Waals surface area (Å²) < 4.78 is 13.6. The van der Waals surface area contributed by atoms with Crippen molar-refractivity contribution in [2.24, 2.45) is 11.3 Å². The number of unbranched alkanes of at least 4 members (excludes halogenated alkanes) is 2. The molecule has 34 heavy (non-hydrogen) atoms. The highest BCUT2D eigenvalue weighted by Crippen LogP contribution is 2.69. The fraction of sp³-hybridized carbons (Fsp3) is 0.655. The van der Waals surface area contributed by atoms with Crippen LogP contribution >= 0.6 is 0 Å². The lowest BCUT2D eigenvalue weighted by molar-refractivity contribution is -0.213. The SMILES string of the molecule is CCCCCOC1(c2ccccc2)CC2=C3C(C)(O[C@H]4[C@@H](O)C=C[C@H]5[C@@H](C2)N(C)CC[C@@]354)C1O. The van der Waals surface area contributed by atoms with Gasteiger partial charge in [-0.1, -0.05) is 67.8 Å². The van der Waals surface area contributed by atoms with Crippen molar-refractivity contribution in [2.45, 2.75) is 87.9 Å². The van der Waals surface area contributed by atoms with E-state index in [1.165, 1.54) is 11.1 Å². The molecule has 2 saturated heterocycles. The Morgan fingerprint density at radius 1 is 1.15 bits per heavy atom. The molecule has 2 bridgehead atoms. The summed E-state index contributed by atoms with van der Waals surface area (Å²) in [5.74, 6) is 0.308. The molecule has 3 aliphatic carbocycles. The Hall–Kier alpha value is -1.50. The first-order valence-electron chi connectivity index (χ1n) is 13.2. The third-order valence-electron chi connectivity index (χ3n) is 9.74. The zero-order valence-electron chi connectivity index (χ0n) is 20.7. The number of benzene rings is 1. The van der Waals surface area contributed by atoms with Crippen LogP contribution in [0.15, 0.2) is 53.6 Å². The summed E-state index contributed by atoms with van der Waals surface area (Å²) in [5.41, 5.74) is 1.70. The van der Waals surface area contributed by atoms with Gasteiger partial charge in [0, 0.05) is 30.4 Å². The van der Waals surface area contributed by atoms with Crippen LogP contribution in [0, 0.1) is 11.3 Å². The Labute approximate surface area is 203 Å². The maximum absolute atomic E-state index is 12.3. The van der Waals surface area contributed by atoms with Gasteiger partial charge in [0.2, 0.25) is 0 Å². The zero-order valence-corrected chi connectivity index (χ0v) is 20.7. The average molecular weight is 466 g/mol. The second kappa shape index (κ2) is 8.01. The average Bonchev–Trinajstić information content (AvgIpc) is 3.13. The van der Waals surface area contributed by atoms with Crippen LogP contribution in [0.2, 0.25) is 0 Å². The first-order chi connectivity index (χ1) is 16.4. The predicted octanol–water partition coefficient (Wildman–Crippen LogP) is 3.95. The summed E-state index contributed by atoms with van der Waals surface area (Å²) in [4.78, 5) is 2.49. The Balaban J connectivity index is 1.52. The molecule has 0 radical (unpaired) electrons. The second-order valence-corrected chi connectivity index (χ2v) is 11.5. The highest BCUT2D eigenvalue weighted by molar-refractivity contribution is 5.51. The maximum atomic E-state index is 12.3. The van der Waals surface area contributed by atoms with Crippen molar-refractivity contribution < 1.29 is 19.7 Å². The molecular formula is C29H39NO4. The van der Waals surface area contributed by atoms with Crippen LogP contribution < -0.4 is 0 Å². The van der Waals surface area contributed by atoms with Crippen molar-refractivity contribution in [3.05, 3.63) is 59.2 Å². The molecule has 8 atom stereocenters. The number of ether oxygens (including phenoxy) is 2. The second-order valence-electron chi connectivity index (χ2n) is 11.5. The third-order valence-corrected chi connectivity index (χ3v) is 9.74. The van der Waals surface area contributed by atoms with Crippen molar-refractivity contribution in [3.8, 4) is 0 Å². The molecule has 0 aromatic heterocycles. The van der Waals surface area contributed by atoms with Gasteiger partial charge in [-0.2, -0.15) is 0 Å². The Morgan fingerprint density at radius 3 is 2.71 bits per heavy atom. The molecule has 2 heterocycles. The molecule has 1 spiro atoms. The smallest absolute Gasteiger partial charge is 0.126 e. The number of nitrogens with zero attached hydrogens (tertiary/aromatic N) is 1. The summed E-state index contributed by atoms with van der Waals surface area (Å²) in [6, 6.07) is 10.6. The summed E-state index contributed by atoms with van der Waals surface area (Å²) in [5, 5.41) is 23.4. The van der Waals surface area contributed by atoms with Gasteiger partial charge in [0.25, 0.3) is 0 Å². The van der Waals surface area contributed by atoms with Crippen molar-refractivity contribution in [3.63, 3.8) is 0 Å². The van der Waals surface area contributed by atoms with E-state index in [0.717, 1.165) is 44.2 Å². The summed E-state index contributed by atoms with van der Waals surface area (Å²) in [6.07, 6.45) is 8.16. The number of rotatable bonds is 6. The van der Waals surface area contributed by atoms with Crippen LogP contribution in [0.25, 0.3) is 0 Å². The van der Waals surface area contributed by atoms with Gasteiger partial charge in [-0.15, -0.1) is 0 Å². The monoisotopic (exact) mass is 465 g/mol. The van der Waals surface area contributed by atoms with Crippen molar-refractivity contribution >= 4 is 0 Å². The highest BCUT2D eigenvalue weighted by Gasteiger charge is 2.73. The van der Waals surface area contributed by atoms with Crippen molar-refractivity contribution in [1.29, 1.82) is 0 Å². The summed E-state index contributed by atoms with van der Waals surface area (Å²) in [7, 11) is 2.23. The summed E-state index contributed by atoms with van der Waals surface area (Å²) in [6.45, 7) is 5.86. The number of aliphatic hydroxyl groups excluding tert-OH is 2. The minimum Gasteiger partial charge on any atom is -0.386 e. The highest BCUT2D eigenvalue weighted by atomic mass is 16.6. The number of hydrogen-bond donors (Lipinski definition) is 2. The van der Waals surface area contributed by atoms with Crippen LogP contribution in [0.1, 0.15) is 57.9 Å². The van der Waals surface area contributed by atoms with Gasteiger partial charge in [0.15, 0.2) is 0 Å². The lowest BCUT2D eigenvalue weighted by Crippen LogP contribution is -2.64. The topological polar surface area (TPSA) is 62.2 Å². The molecule has 1 aromatic rings. The van der Waals surface area contributed by atoms with E-state index in [-0.39, 0.29) is 11.5 Å². The van der Waals surface area contributed by atoms with Gasteiger partial charge in [0.1, 0.15) is 17.3 Å². The quantitative estimate of drug-likeness (QED) is 0.492. The van der Waals surface area contributed by atoms with Gasteiger partial charge < -0.3 is 24.6 Å². The van der Waals surface area contributed by atoms with E-state index < -0.39 is 23.4 Å². The van der Waals surface area contributed by atoms with Gasteiger partial charge in [-0.05, 0) is 50.9 Å². The lowest BCUT2D eigenvalue weighted by Gasteiger charge is -2.60. The minimum atomic E-state index is -0.884. The molecule has 2 fully saturated rings. The molecule has 1 aromatic carbocycles. The standard InChI is InChI=1S/C29H39NO4/c1-4-5-9-16-33-29(20-10-7-6-8-11-20)18-19-17-22-21-12-13-23(31)25-28(21,14-15-30(22)3)24(19)27(2,34-25)26(29)32/h6-8,10-13,21-23,25-26,31-32H,4-5,9,14-18H2,1-3H3/t21-,22+,23-,25-,26?,27?,28-,29?/m0/s1. The predicted molar refractivity (Wildman–Crippen MR) is 131 cm³/mol. The molecule has 2 aliphatic heterocycles. The largest absolute Gasteiger partial charge is 0.386 e. The van der Waals surface area contributed by atoms with E-state index in [9.17, 15) is 10.2 Å². The van der Waals surface area contributed by atoms with E-state index in [4.69, 9.17) is 9.47 Å². The Morgan fingerprint density at radius 2 is 1.94 bits per heavy atom. The van der Waals surface area contributed by atoms with Crippen LogP contribution in [-0.2, 0) is 15.1 Å². The van der Waals surface area contributed by atoms with Crippen LogP contribution in [0.5, 0.6) is 0 Å². The van der Waals surface area contributed by atoms with Crippen LogP contribution in [0.4, 0.5) is 0 Å². The maximum Gasteiger partial charge on any atom is 0.126 e. The first kappa shape index (κ1) is 22.9. The van der Waals surface area contributed by atoms with Crippen LogP contribution in [-0.4, -0.2) is 65.3 Å². The number of aliphatic hydroxyl groups is 2. The minimum absolute atomic E-state index is 0.236. The molecule has 2 N–H and O–H groups in total. The number of piperidine rings is 1. The van der Waals surface area contributed by atoms with E-state index in [1.807, 2.05) is 24.3 Å². The van der Waals surface area contributed by atoms with E-state index >= 15 is 0 Å². The van der Waals surface area contributed by atoms with E-state index in [1.54, 1.807) is 0 Å². The van der Waals surface area contributed by atoms with E-state index in [0.29, 0.717) is 25.0 Å². The third kappa shape index (κ3) is 2.85. The van der Waals surface area contributed by atoms with Gasteiger partial charge in [-0.25, -0.2) is 0 Å². The van der Waals surface area contributed by atoms with Crippen molar-refractivity contribution in [1.82, 2.24) is 4.90 Å². The Kier molecular flexibility index (Phi) is 5.40. The fourth-order valence-electron chi connectivity index (χ4n) is 8.31. The number of likely N-dealkylation sites (tertiary alicyclic amines) is 1. The molecule has 6 rings (SSSR count). The van der Waals surface area contributed by atoms with Gasteiger partial charge in [0.05, 0.1) is 12.2 Å².